The second kappa shape index (κ2) is 79.7. The van der Waals surface area contributed by atoms with Gasteiger partial charge in [-0.05, 0) is 249 Å². The van der Waals surface area contributed by atoms with Crippen LogP contribution < -0.4 is 79.5 Å². The first-order valence-corrected chi connectivity index (χ1v) is 132. The van der Waals surface area contributed by atoms with Gasteiger partial charge in [-0.1, -0.05) is 0 Å². The summed E-state index contributed by atoms with van der Waals surface area (Å²) in [6.45, 7) is 85.5. The molecule has 0 aromatic rings. The van der Waals surface area contributed by atoms with Gasteiger partial charge in [0, 0.05) is 0 Å². The van der Waals surface area contributed by atoms with Crippen LogP contribution in [0, 0.1) is 0 Å². The van der Waals surface area contributed by atoms with E-state index in [2.05, 4.69) is 605 Å². The second-order valence-electron chi connectivity index (χ2n) is 24.5. The molecule has 0 nitrogen and oxygen atoms in total. The van der Waals surface area contributed by atoms with Gasteiger partial charge in [-0.3, -0.25) is 0 Å². The molecule has 0 saturated heterocycles. The van der Waals surface area contributed by atoms with E-state index in [9.17, 15) is 0 Å². The Kier molecular flexibility index (Phi) is 124. The van der Waals surface area contributed by atoms with Gasteiger partial charge in [0.05, 0.1) is 131 Å². The van der Waals surface area contributed by atoms with Crippen LogP contribution in [0.5, 0.6) is 0 Å². The molecule has 0 aliphatic carbocycles. The van der Waals surface area contributed by atoms with E-state index < -0.39 is 29.4 Å². The van der Waals surface area contributed by atoms with E-state index in [0.717, 1.165) is 102 Å². The molecule has 30 heteroatoms. The molecule has 0 amide bonds. The molecule has 0 radical (unpaired) electrons. The Hall–Kier alpha value is 20.1. The number of hydrogen-bond acceptors (Lipinski definition) is 0. The Balaban J connectivity index is -0.0000000698. The van der Waals surface area contributed by atoms with E-state index in [1.54, 1.807) is 0 Å². The third kappa shape index (κ3) is 63.6. The van der Waals surface area contributed by atoms with E-state index in [0.29, 0.717) is 79.5 Å². The van der Waals surface area contributed by atoms with Crippen molar-refractivity contribution in [3.05, 3.63) is 0 Å². The van der Waals surface area contributed by atoms with Crippen molar-refractivity contribution in [3.8, 4) is 0 Å². The normalized spacial score (nSPS) is 12.3. The summed E-state index contributed by atoms with van der Waals surface area (Å²) in [5, 5.41) is 0. The van der Waals surface area contributed by atoms with E-state index >= 15 is 0 Å². The molecular weight excluding hydrogens is 3880 g/mol. The van der Waals surface area contributed by atoms with Gasteiger partial charge in [-0.25, -0.2) is 0 Å². The third-order valence-corrected chi connectivity index (χ3v) is 103. The van der Waals surface area contributed by atoms with Crippen LogP contribution in [0.4, 0.5) is 0 Å². The molecule has 0 aliphatic heterocycles. The standard InChI is InChI=1S/6C9H21IP.6I3/c6*1-7(2)11(10,8(3)4)9(5)6;6*1-3-2/h6*7-9H,1-6H3;;;;;;/q6*+1;6*-1. The summed E-state index contributed by atoms with van der Waals surface area (Å²) in [5.41, 5.74) is 15.8. The zero-order chi connectivity index (χ0) is 71.6. The third-order valence-electron chi connectivity index (χ3n) is 14.2. The first kappa shape index (κ1) is 130. The topological polar surface area (TPSA) is 0 Å². The molecule has 0 N–H and O–H groups in total. The van der Waals surface area contributed by atoms with Crippen LogP contribution in [0.25, 0.3) is 0 Å². The number of hydrogen-bond donors (Lipinski definition) is 0. The monoisotopic (exact) mass is 4010 g/mol. The summed E-state index contributed by atoms with van der Waals surface area (Å²) in [4.78, 5) is -4.29. The summed E-state index contributed by atoms with van der Waals surface area (Å²) in [6, 6.07) is 0. The van der Waals surface area contributed by atoms with Crippen molar-refractivity contribution in [3.63, 3.8) is 0 Å². The summed E-state index contributed by atoms with van der Waals surface area (Å²) in [6.07, 6.45) is 0. The van der Waals surface area contributed by atoms with Crippen LogP contribution in [0.3, 0.4) is 0 Å². The Labute approximate surface area is 793 Å². The van der Waals surface area contributed by atoms with Gasteiger partial charge in [-0.15, -0.1) is 0 Å². The predicted octanol–water partition coefficient (Wildman–Crippen LogP) is 20.1. The van der Waals surface area contributed by atoms with Gasteiger partial charge < -0.3 is 0 Å². The molecule has 0 spiro atoms. The molecular formula is C54H126I24P6. The van der Waals surface area contributed by atoms with Crippen molar-refractivity contribution in [2.75, 3.05) is 0 Å². The maximum atomic E-state index is 2.76. The molecule has 0 saturated carbocycles. The fourth-order valence-electron chi connectivity index (χ4n) is 10.7. The van der Waals surface area contributed by atoms with Crippen LogP contribution in [-0.2, 0) is 0 Å². The van der Waals surface area contributed by atoms with Crippen molar-refractivity contribution in [2.24, 2.45) is 0 Å². The van der Waals surface area contributed by atoms with E-state index in [1.165, 1.54) is 0 Å². The fourth-order valence-corrected chi connectivity index (χ4v) is 32.2. The van der Waals surface area contributed by atoms with Crippen molar-refractivity contribution in [2.45, 2.75) is 351 Å². The minimum absolute atomic E-state index is 0.530. The van der Waals surface area contributed by atoms with Crippen LogP contribution >= 0.6 is 385 Å². The van der Waals surface area contributed by atoms with Crippen molar-refractivity contribution < 1.29 is 79.5 Å². The Morgan fingerprint density at radius 1 is 0.131 bits per heavy atom. The van der Waals surface area contributed by atoms with Crippen LogP contribution in [-0.4, -0.2) is 102 Å². The van der Waals surface area contributed by atoms with Gasteiger partial charge in [0.2, 0.25) is 0 Å². The molecule has 0 unspecified atom stereocenters. The second-order valence-corrected chi connectivity index (χ2v) is 179. The molecule has 0 heterocycles. The van der Waals surface area contributed by atoms with E-state index in [4.69, 9.17) is 0 Å². The maximum absolute atomic E-state index is 2.76. The molecule has 0 aromatic carbocycles. The first-order valence-electron chi connectivity index (χ1n) is 28.2. The predicted molar refractivity (Wildman–Crippen MR) is 566 cm³/mol. The van der Waals surface area contributed by atoms with Gasteiger partial charge in [-0.2, -0.15) is 0 Å². The van der Waals surface area contributed by atoms with Gasteiger partial charge in [0.25, 0.3) is 0 Å². The first-order chi connectivity index (χ1) is 37.5. The van der Waals surface area contributed by atoms with Crippen LogP contribution in [0.2, 0.25) is 0 Å². The molecule has 0 fully saturated rings. The molecule has 0 bridgehead atoms. The summed E-state index contributed by atoms with van der Waals surface area (Å²) in [7, 11) is 0. The molecule has 0 aliphatic rings. The average molecular weight is 4010 g/mol. The SMILES string of the molecule is CC(C)[P+](I)(C(C)C)C(C)C.CC(C)[P+](I)(C(C)C)C(C)C.CC(C)[P+](I)(C(C)C)C(C)C.CC(C)[P+](I)(C(C)C)C(C)C.CC(C)[P+](I)(C(C)C)C(C)C.CC(C)[P+](I)(C(C)C)C(C)C.I[I-]I.I[I-]I.I[I-]I.I[I-]I.I[I-]I.I[I-]I. The molecule has 0 atom stereocenters. The Morgan fingerprint density at radius 3 is 0.155 bits per heavy atom. The molecule has 540 valence electrons. The quantitative estimate of drug-likeness (QED) is 0.0948. The summed E-state index contributed by atoms with van der Waals surface area (Å²) in [5.74, 6) is 0. The van der Waals surface area contributed by atoms with Crippen molar-refractivity contribution >= 4 is 385 Å². The van der Waals surface area contributed by atoms with Crippen LogP contribution in [0.15, 0.2) is 0 Å². The summed E-state index contributed by atoms with van der Waals surface area (Å²) >= 11 is 48.3. The molecule has 0 rings (SSSR count). The van der Waals surface area contributed by atoms with E-state index in [1.807, 2.05) is 0 Å². The molecule has 84 heavy (non-hydrogen) atoms. The van der Waals surface area contributed by atoms with Gasteiger partial charge >= 0.3 is 303 Å². The van der Waals surface area contributed by atoms with Crippen molar-refractivity contribution in [1.82, 2.24) is 0 Å². The number of rotatable bonds is 18. The van der Waals surface area contributed by atoms with E-state index in [-0.39, 0.29) is 0 Å². The van der Waals surface area contributed by atoms with Crippen molar-refractivity contribution in [1.29, 1.82) is 0 Å². The Bertz CT molecular complexity index is 938. The zero-order valence-electron chi connectivity index (χ0n) is 58.1. The van der Waals surface area contributed by atoms with Gasteiger partial charge in [0.15, 0.2) is 132 Å². The Morgan fingerprint density at radius 2 is 0.155 bits per heavy atom. The van der Waals surface area contributed by atoms with Crippen LogP contribution in [0.1, 0.15) is 249 Å². The zero-order valence-corrected chi connectivity index (χ0v) is 115. The fraction of sp³-hybridized carbons (Fsp3) is 1.00. The minimum atomic E-state index is -0.715. The van der Waals surface area contributed by atoms with Gasteiger partial charge in [0.1, 0.15) is 0 Å². The number of halogens is 24. The average Bonchev–Trinajstić information content (AvgIpc) is 3.33. The summed E-state index contributed by atoms with van der Waals surface area (Å²) < 4.78 is 0. The molecule has 0 aromatic heterocycles.